The van der Waals surface area contributed by atoms with Crippen molar-refractivity contribution >= 4 is 11.8 Å². The van der Waals surface area contributed by atoms with Crippen LogP contribution in [0, 0.1) is 11.7 Å². The molecule has 102 valence electrons. The Bertz CT molecular complexity index is 346. The van der Waals surface area contributed by atoms with Crippen LogP contribution in [0.15, 0.2) is 29.2 Å². The molecule has 0 radical (unpaired) electrons. The highest BCUT2D eigenvalue weighted by Crippen LogP contribution is 2.23. The summed E-state index contributed by atoms with van der Waals surface area (Å²) in [5.74, 6) is 6.86. The van der Waals surface area contributed by atoms with Crippen molar-refractivity contribution in [1.82, 2.24) is 5.43 Å². The van der Waals surface area contributed by atoms with Crippen molar-refractivity contribution in [3.63, 3.8) is 0 Å². The van der Waals surface area contributed by atoms with Crippen molar-refractivity contribution in [2.75, 3.05) is 5.75 Å². The lowest BCUT2D eigenvalue weighted by Gasteiger charge is -2.19. The van der Waals surface area contributed by atoms with Crippen molar-refractivity contribution in [2.24, 2.45) is 11.8 Å². The van der Waals surface area contributed by atoms with E-state index in [2.05, 4.69) is 19.3 Å². The Morgan fingerprint density at radius 3 is 2.72 bits per heavy atom. The van der Waals surface area contributed by atoms with Gasteiger partial charge in [-0.1, -0.05) is 38.8 Å². The average Bonchev–Trinajstić information content (AvgIpc) is 2.36. The van der Waals surface area contributed by atoms with Gasteiger partial charge >= 0.3 is 0 Å². The Hall–Kier alpha value is -0.580. The van der Waals surface area contributed by atoms with E-state index in [1.54, 1.807) is 6.07 Å². The largest absolute Gasteiger partial charge is 0.271 e. The first-order valence-electron chi connectivity index (χ1n) is 6.50. The van der Waals surface area contributed by atoms with E-state index in [-0.39, 0.29) is 11.9 Å². The molecule has 0 aliphatic carbocycles. The third-order valence-electron chi connectivity index (χ3n) is 2.98. The second-order valence-corrected chi connectivity index (χ2v) is 5.80. The number of thioether (sulfide) groups is 1. The quantitative estimate of drug-likeness (QED) is 0.431. The van der Waals surface area contributed by atoms with Crippen LogP contribution in [0.1, 0.15) is 33.1 Å². The number of nitrogens with two attached hydrogens (primary N) is 1. The maximum Gasteiger partial charge on any atom is 0.136 e. The lowest BCUT2D eigenvalue weighted by atomic mass is 9.98. The van der Waals surface area contributed by atoms with E-state index in [9.17, 15) is 4.39 Å². The van der Waals surface area contributed by atoms with E-state index in [4.69, 9.17) is 5.84 Å². The molecule has 0 spiro atoms. The zero-order valence-electron chi connectivity index (χ0n) is 11.2. The monoisotopic (exact) mass is 270 g/mol. The van der Waals surface area contributed by atoms with E-state index >= 15 is 0 Å². The first kappa shape index (κ1) is 15.5. The van der Waals surface area contributed by atoms with Crippen LogP contribution in [0.4, 0.5) is 4.39 Å². The zero-order chi connectivity index (χ0) is 13.4. The molecular weight excluding hydrogens is 247 g/mol. The lowest BCUT2D eigenvalue weighted by Crippen LogP contribution is -2.38. The van der Waals surface area contributed by atoms with Gasteiger partial charge in [-0.2, -0.15) is 0 Å². The summed E-state index contributed by atoms with van der Waals surface area (Å²) in [5, 5.41) is 0. The molecule has 0 aliphatic rings. The average molecular weight is 270 g/mol. The molecule has 18 heavy (non-hydrogen) atoms. The molecule has 0 saturated carbocycles. The van der Waals surface area contributed by atoms with Gasteiger partial charge in [-0.15, -0.1) is 11.8 Å². The van der Waals surface area contributed by atoms with Crippen LogP contribution in [-0.4, -0.2) is 11.8 Å². The minimum absolute atomic E-state index is 0.153. The number of halogens is 1. The van der Waals surface area contributed by atoms with Gasteiger partial charge in [-0.3, -0.25) is 11.3 Å². The summed E-state index contributed by atoms with van der Waals surface area (Å²) in [4.78, 5) is 0.695. The molecule has 1 aromatic rings. The fourth-order valence-corrected chi connectivity index (χ4v) is 3.03. The molecule has 1 rings (SSSR count). The van der Waals surface area contributed by atoms with Crippen molar-refractivity contribution in [1.29, 1.82) is 0 Å². The minimum Gasteiger partial charge on any atom is -0.271 e. The molecule has 2 unspecified atom stereocenters. The first-order valence-corrected chi connectivity index (χ1v) is 7.49. The summed E-state index contributed by atoms with van der Waals surface area (Å²) < 4.78 is 13.5. The molecular formula is C14H23FN2S. The van der Waals surface area contributed by atoms with Gasteiger partial charge in [0, 0.05) is 16.7 Å². The van der Waals surface area contributed by atoms with Gasteiger partial charge in [0.15, 0.2) is 0 Å². The molecule has 4 heteroatoms. The third kappa shape index (κ3) is 5.38. The summed E-state index contributed by atoms with van der Waals surface area (Å²) in [6.45, 7) is 4.43. The normalized spacial score (nSPS) is 14.4. The van der Waals surface area contributed by atoms with Crippen LogP contribution in [0.5, 0.6) is 0 Å². The first-order chi connectivity index (χ1) is 8.67. The summed E-state index contributed by atoms with van der Waals surface area (Å²) in [6, 6.07) is 7.10. The van der Waals surface area contributed by atoms with Crippen molar-refractivity contribution in [2.45, 2.75) is 44.0 Å². The molecule has 0 heterocycles. The van der Waals surface area contributed by atoms with Gasteiger partial charge in [0.1, 0.15) is 5.82 Å². The zero-order valence-corrected chi connectivity index (χ0v) is 12.0. The number of hydrazine groups is 1. The van der Waals surface area contributed by atoms with Crippen LogP contribution in [-0.2, 0) is 0 Å². The highest BCUT2D eigenvalue weighted by Gasteiger charge is 2.12. The lowest BCUT2D eigenvalue weighted by molar-refractivity contribution is 0.408. The number of hydrogen-bond acceptors (Lipinski definition) is 3. The number of hydrogen-bond donors (Lipinski definition) is 2. The third-order valence-corrected chi connectivity index (χ3v) is 4.19. The maximum atomic E-state index is 13.5. The van der Waals surface area contributed by atoms with E-state index < -0.39 is 0 Å². The second-order valence-electron chi connectivity index (χ2n) is 4.73. The highest BCUT2D eigenvalue weighted by molar-refractivity contribution is 7.99. The SMILES string of the molecule is CCCC(C)CC(CSc1ccccc1F)NN. The summed E-state index contributed by atoms with van der Waals surface area (Å²) >= 11 is 1.52. The second kappa shape index (κ2) is 8.51. The van der Waals surface area contributed by atoms with Crippen LogP contribution in [0.3, 0.4) is 0 Å². The molecule has 1 aromatic carbocycles. The summed E-state index contributed by atoms with van der Waals surface area (Å²) in [6.07, 6.45) is 3.44. The minimum atomic E-state index is -0.153. The number of nitrogens with one attached hydrogen (secondary N) is 1. The molecule has 0 amide bonds. The molecule has 0 fully saturated rings. The topological polar surface area (TPSA) is 38.0 Å². The van der Waals surface area contributed by atoms with Gasteiger partial charge in [0.25, 0.3) is 0 Å². The molecule has 0 saturated heterocycles. The molecule has 2 atom stereocenters. The van der Waals surface area contributed by atoms with E-state index in [1.807, 2.05) is 12.1 Å². The number of rotatable bonds is 8. The standard InChI is InChI=1S/C14H23FN2S/c1-3-6-11(2)9-12(17-16)10-18-14-8-5-4-7-13(14)15/h4-5,7-8,11-12,17H,3,6,9-10,16H2,1-2H3. The highest BCUT2D eigenvalue weighted by atomic mass is 32.2. The van der Waals surface area contributed by atoms with Crippen molar-refractivity contribution < 1.29 is 4.39 Å². The van der Waals surface area contributed by atoms with E-state index in [1.165, 1.54) is 30.7 Å². The Morgan fingerprint density at radius 1 is 1.39 bits per heavy atom. The Morgan fingerprint density at radius 2 is 2.11 bits per heavy atom. The Labute approximate surface area is 113 Å². The maximum absolute atomic E-state index is 13.5. The molecule has 0 bridgehead atoms. The van der Waals surface area contributed by atoms with Gasteiger partial charge in [0.05, 0.1) is 0 Å². The Kier molecular flexibility index (Phi) is 7.32. The molecule has 2 nitrogen and oxygen atoms in total. The van der Waals surface area contributed by atoms with E-state index in [0.717, 1.165) is 12.2 Å². The molecule has 3 N–H and O–H groups in total. The van der Waals surface area contributed by atoms with Crippen LogP contribution in [0.25, 0.3) is 0 Å². The summed E-state index contributed by atoms with van der Waals surface area (Å²) in [5.41, 5.74) is 2.84. The predicted octanol–water partition coefficient (Wildman–Crippen LogP) is 3.58. The van der Waals surface area contributed by atoms with Gasteiger partial charge in [-0.25, -0.2) is 4.39 Å². The molecule has 0 aromatic heterocycles. The number of benzene rings is 1. The Balaban J connectivity index is 2.42. The van der Waals surface area contributed by atoms with E-state index in [0.29, 0.717) is 10.8 Å². The van der Waals surface area contributed by atoms with Crippen LogP contribution >= 0.6 is 11.8 Å². The van der Waals surface area contributed by atoms with Crippen LogP contribution < -0.4 is 11.3 Å². The fourth-order valence-electron chi connectivity index (χ4n) is 2.03. The van der Waals surface area contributed by atoms with Gasteiger partial charge in [-0.05, 0) is 24.5 Å². The fraction of sp³-hybridized carbons (Fsp3) is 0.571. The van der Waals surface area contributed by atoms with Crippen molar-refractivity contribution in [3.05, 3.63) is 30.1 Å². The van der Waals surface area contributed by atoms with Gasteiger partial charge < -0.3 is 0 Å². The summed E-state index contributed by atoms with van der Waals surface area (Å²) in [7, 11) is 0. The smallest absolute Gasteiger partial charge is 0.136 e. The molecule has 0 aliphatic heterocycles. The van der Waals surface area contributed by atoms with Crippen molar-refractivity contribution in [3.8, 4) is 0 Å². The van der Waals surface area contributed by atoms with Gasteiger partial charge in [0.2, 0.25) is 0 Å². The predicted molar refractivity (Wildman–Crippen MR) is 76.9 cm³/mol. The van der Waals surface area contributed by atoms with Crippen LogP contribution in [0.2, 0.25) is 0 Å².